The van der Waals surface area contributed by atoms with Crippen molar-refractivity contribution < 1.29 is 5.11 Å². The van der Waals surface area contributed by atoms with Gasteiger partial charge in [0.1, 0.15) is 5.82 Å². The van der Waals surface area contributed by atoms with E-state index in [4.69, 9.17) is 0 Å². The maximum Gasteiger partial charge on any atom is 0.279 e. The zero-order valence-corrected chi connectivity index (χ0v) is 12.5. The number of benzene rings is 1. The molecule has 0 bridgehead atoms. The van der Waals surface area contributed by atoms with E-state index in [9.17, 15) is 9.90 Å². The summed E-state index contributed by atoms with van der Waals surface area (Å²) in [7, 11) is 1.70. The highest BCUT2D eigenvalue weighted by Gasteiger charge is 2.39. The van der Waals surface area contributed by atoms with Crippen LogP contribution in [-0.2, 0) is 0 Å². The van der Waals surface area contributed by atoms with Gasteiger partial charge in [-0.1, -0.05) is 31.9 Å². The number of hydrogen-bond donors (Lipinski definition) is 2. The number of nitrogens with zero attached hydrogens (tertiary/aromatic N) is 2. The van der Waals surface area contributed by atoms with Crippen LogP contribution < -0.4 is 11.0 Å². The molecule has 3 rings (SSSR count). The lowest BCUT2D eigenvalue weighted by atomic mass is 9.86. The summed E-state index contributed by atoms with van der Waals surface area (Å²) < 4.78 is 1.46. The van der Waals surface area contributed by atoms with E-state index in [0.29, 0.717) is 16.7 Å². The predicted molar refractivity (Wildman–Crippen MR) is 83.1 cm³/mol. The van der Waals surface area contributed by atoms with E-state index < -0.39 is 5.60 Å². The Morgan fingerprint density at radius 2 is 2.00 bits per heavy atom. The Bertz CT molecular complexity index is 717. The molecule has 112 valence electrons. The Labute approximate surface area is 123 Å². The Morgan fingerprint density at radius 3 is 2.67 bits per heavy atom. The van der Waals surface area contributed by atoms with Gasteiger partial charge < -0.3 is 10.5 Å². The molecule has 21 heavy (non-hydrogen) atoms. The Hall–Kier alpha value is -1.88. The molecule has 5 nitrogen and oxygen atoms in total. The zero-order valence-electron chi connectivity index (χ0n) is 12.5. The van der Waals surface area contributed by atoms with Crippen LogP contribution in [0.25, 0.3) is 10.9 Å². The highest BCUT2D eigenvalue weighted by atomic mass is 16.3. The molecule has 1 saturated carbocycles. The molecule has 1 heterocycles. The molecule has 0 radical (unpaired) electrons. The van der Waals surface area contributed by atoms with Crippen molar-refractivity contribution in [2.45, 2.75) is 44.1 Å². The number of fused-ring (bicyclic) bond motifs is 1. The third kappa shape index (κ3) is 2.21. The van der Waals surface area contributed by atoms with Crippen molar-refractivity contribution >= 4 is 10.9 Å². The second-order valence-corrected chi connectivity index (χ2v) is 5.88. The fourth-order valence-corrected chi connectivity index (χ4v) is 3.32. The van der Waals surface area contributed by atoms with Gasteiger partial charge in [0.15, 0.2) is 0 Å². The summed E-state index contributed by atoms with van der Waals surface area (Å²) in [6.07, 6.45) is 3.58. The summed E-state index contributed by atoms with van der Waals surface area (Å²) in [4.78, 5) is 17.2. The molecule has 1 aromatic heterocycles. The first kappa shape index (κ1) is 14.1. The third-order valence-electron chi connectivity index (χ3n) is 4.69. The van der Waals surface area contributed by atoms with Gasteiger partial charge in [-0.15, -0.1) is 0 Å². The highest BCUT2D eigenvalue weighted by molar-refractivity contribution is 5.77. The van der Waals surface area contributed by atoms with E-state index in [-0.39, 0.29) is 11.5 Å². The van der Waals surface area contributed by atoms with Crippen LogP contribution in [0.1, 0.15) is 44.3 Å². The van der Waals surface area contributed by atoms with Crippen molar-refractivity contribution in [1.29, 1.82) is 0 Å². The molecule has 0 saturated heterocycles. The van der Waals surface area contributed by atoms with Crippen molar-refractivity contribution in [3.8, 4) is 0 Å². The van der Waals surface area contributed by atoms with Crippen molar-refractivity contribution in [3.63, 3.8) is 0 Å². The van der Waals surface area contributed by atoms with E-state index in [0.717, 1.165) is 25.7 Å². The maximum atomic E-state index is 12.6. The summed E-state index contributed by atoms with van der Waals surface area (Å²) in [5.74, 6) is 0.412. The average Bonchev–Trinajstić information content (AvgIpc) is 2.94. The number of nitrogens with one attached hydrogen (secondary N) is 1. The number of aromatic nitrogens is 2. The molecule has 1 fully saturated rings. The van der Waals surface area contributed by atoms with Crippen LogP contribution in [0.15, 0.2) is 29.1 Å². The number of aliphatic hydroxyl groups is 1. The first-order valence-electron chi connectivity index (χ1n) is 7.48. The van der Waals surface area contributed by atoms with Gasteiger partial charge in [-0.25, -0.2) is 9.66 Å². The topological polar surface area (TPSA) is 67.2 Å². The van der Waals surface area contributed by atoms with E-state index in [1.165, 1.54) is 4.68 Å². The van der Waals surface area contributed by atoms with Gasteiger partial charge in [-0.3, -0.25) is 4.79 Å². The molecule has 2 N–H and O–H groups in total. The standard InChI is InChI=1S/C16H21N3O2/c1-11(16(21)9-5-6-10-16)14-18-13-8-4-3-7-12(13)15(20)19(14)17-2/h3-4,7-8,11,17,21H,5-6,9-10H2,1-2H3. The first-order valence-corrected chi connectivity index (χ1v) is 7.48. The Kier molecular flexibility index (Phi) is 3.45. The molecule has 1 aliphatic rings. The van der Waals surface area contributed by atoms with Gasteiger partial charge in [0.05, 0.1) is 16.5 Å². The van der Waals surface area contributed by atoms with E-state index >= 15 is 0 Å². The second-order valence-electron chi connectivity index (χ2n) is 5.88. The minimum Gasteiger partial charge on any atom is -0.389 e. The van der Waals surface area contributed by atoms with Crippen LogP contribution in [0.5, 0.6) is 0 Å². The minimum atomic E-state index is -0.763. The number of para-hydroxylation sites is 1. The van der Waals surface area contributed by atoms with Crippen LogP contribution >= 0.6 is 0 Å². The molecule has 1 unspecified atom stereocenters. The number of hydrogen-bond acceptors (Lipinski definition) is 4. The van der Waals surface area contributed by atoms with Crippen LogP contribution in [0.2, 0.25) is 0 Å². The predicted octanol–water partition coefficient (Wildman–Crippen LogP) is 1.98. The molecule has 1 aliphatic carbocycles. The normalized spacial score (nSPS) is 18.8. The molecule has 1 atom stereocenters. The van der Waals surface area contributed by atoms with Crippen LogP contribution in [0, 0.1) is 0 Å². The van der Waals surface area contributed by atoms with Gasteiger partial charge in [-0.2, -0.15) is 0 Å². The molecular formula is C16H21N3O2. The molecule has 0 amide bonds. The van der Waals surface area contributed by atoms with Crippen molar-refractivity contribution in [2.75, 3.05) is 12.5 Å². The Balaban J connectivity index is 2.19. The monoisotopic (exact) mass is 287 g/mol. The van der Waals surface area contributed by atoms with Crippen LogP contribution in [-0.4, -0.2) is 27.4 Å². The SMILES string of the molecule is CNn1c(C(C)C2(O)CCCC2)nc2ccccc2c1=O. The molecular weight excluding hydrogens is 266 g/mol. The van der Waals surface area contributed by atoms with Gasteiger partial charge >= 0.3 is 0 Å². The lowest BCUT2D eigenvalue weighted by Gasteiger charge is -2.30. The smallest absolute Gasteiger partial charge is 0.279 e. The molecule has 1 aromatic carbocycles. The van der Waals surface area contributed by atoms with Gasteiger partial charge in [0.25, 0.3) is 5.56 Å². The zero-order chi connectivity index (χ0) is 15.0. The van der Waals surface area contributed by atoms with Crippen LogP contribution in [0.4, 0.5) is 0 Å². The first-order chi connectivity index (χ1) is 10.1. The largest absolute Gasteiger partial charge is 0.389 e. The van der Waals surface area contributed by atoms with E-state index in [1.807, 2.05) is 25.1 Å². The summed E-state index contributed by atoms with van der Waals surface area (Å²) in [5, 5.41) is 11.4. The van der Waals surface area contributed by atoms with Gasteiger partial charge in [-0.05, 0) is 25.0 Å². The van der Waals surface area contributed by atoms with Crippen molar-refractivity contribution in [1.82, 2.24) is 9.66 Å². The fourth-order valence-electron chi connectivity index (χ4n) is 3.32. The quantitative estimate of drug-likeness (QED) is 0.906. The fraction of sp³-hybridized carbons (Fsp3) is 0.500. The molecule has 0 spiro atoms. The lowest BCUT2D eigenvalue weighted by molar-refractivity contribution is 0.0207. The number of rotatable bonds is 3. The summed E-state index contributed by atoms with van der Waals surface area (Å²) in [6, 6.07) is 7.32. The molecule has 2 aromatic rings. The van der Waals surface area contributed by atoms with Gasteiger partial charge in [0.2, 0.25) is 0 Å². The lowest BCUT2D eigenvalue weighted by Crippen LogP contribution is -2.39. The van der Waals surface area contributed by atoms with Crippen LogP contribution in [0.3, 0.4) is 0 Å². The van der Waals surface area contributed by atoms with Crippen molar-refractivity contribution in [2.24, 2.45) is 0 Å². The van der Waals surface area contributed by atoms with Crippen molar-refractivity contribution in [3.05, 3.63) is 40.4 Å². The Morgan fingerprint density at radius 1 is 1.33 bits per heavy atom. The maximum absolute atomic E-state index is 12.6. The molecule has 5 heteroatoms. The van der Waals surface area contributed by atoms with E-state index in [1.54, 1.807) is 13.1 Å². The minimum absolute atomic E-state index is 0.119. The third-order valence-corrected chi connectivity index (χ3v) is 4.69. The summed E-state index contributed by atoms with van der Waals surface area (Å²) >= 11 is 0. The second kappa shape index (κ2) is 5.15. The highest BCUT2D eigenvalue weighted by Crippen LogP contribution is 2.40. The average molecular weight is 287 g/mol. The summed E-state index contributed by atoms with van der Waals surface area (Å²) in [6.45, 7) is 1.95. The molecule has 0 aliphatic heterocycles. The van der Waals surface area contributed by atoms with E-state index in [2.05, 4.69) is 10.4 Å². The van der Waals surface area contributed by atoms with Gasteiger partial charge in [0, 0.05) is 13.0 Å². The summed E-state index contributed by atoms with van der Waals surface area (Å²) in [5.41, 5.74) is 2.70.